The second-order valence-electron chi connectivity index (χ2n) is 8.16. The van der Waals surface area contributed by atoms with Gasteiger partial charge in [0, 0.05) is 19.6 Å². The summed E-state index contributed by atoms with van der Waals surface area (Å²) in [5.41, 5.74) is -0.824. The lowest BCUT2D eigenvalue weighted by atomic mass is 9.77. The van der Waals surface area contributed by atoms with Crippen LogP contribution in [0.4, 0.5) is 4.79 Å². The standard InChI is InChI=1S/C19H30N4O4/c1-3-20-16(25)14-5-4-10-22(11-14)15(24)12-23-17(26)19(21-18(23)27)8-6-13(2)7-9-19/h13-14H,3-12H2,1-2H3,(H,20,25)(H,21,27). The predicted octanol–water partition coefficient (Wildman–Crippen LogP) is 0.862. The van der Waals surface area contributed by atoms with Crippen LogP contribution in [-0.4, -0.2) is 65.3 Å². The minimum Gasteiger partial charge on any atom is -0.356 e. The van der Waals surface area contributed by atoms with E-state index in [2.05, 4.69) is 17.6 Å². The highest BCUT2D eigenvalue weighted by atomic mass is 16.2. The van der Waals surface area contributed by atoms with Crippen molar-refractivity contribution in [3.05, 3.63) is 0 Å². The zero-order chi connectivity index (χ0) is 19.6. The van der Waals surface area contributed by atoms with Crippen LogP contribution >= 0.6 is 0 Å². The average molecular weight is 378 g/mol. The predicted molar refractivity (Wildman–Crippen MR) is 98.6 cm³/mol. The third-order valence-corrected chi connectivity index (χ3v) is 6.16. The van der Waals surface area contributed by atoms with Crippen molar-refractivity contribution >= 4 is 23.8 Å². The number of carbonyl (C=O) groups excluding carboxylic acids is 4. The van der Waals surface area contributed by atoms with Crippen LogP contribution in [0.5, 0.6) is 0 Å². The summed E-state index contributed by atoms with van der Waals surface area (Å²) in [6.07, 6.45) is 4.55. The zero-order valence-corrected chi connectivity index (χ0v) is 16.3. The van der Waals surface area contributed by atoms with Crippen LogP contribution in [0.1, 0.15) is 52.4 Å². The second-order valence-corrected chi connectivity index (χ2v) is 8.16. The summed E-state index contributed by atoms with van der Waals surface area (Å²) in [7, 11) is 0. The van der Waals surface area contributed by atoms with Crippen molar-refractivity contribution in [2.45, 2.75) is 57.9 Å². The van der Waals surface area contributed by atoms with Crippen LogP contribution in [0.2, 0.25) is 0 Å². The molecule has 8 nitrogen and oxygen atoms in total. The Hall–Kier alpha value is -2.12. The molecule has 0 radical (unpaired) electrons. The van der Waals surface area contributed by atoms with Gasteiger partial charge < -0.3 is 15.5 Å². The van der Waals surface area contributed by atoms with Crippen molar-refractivity contribution in [3.63, 3.8) is 0 Å². The number of nitrogens with one attached hydrogen (secondary N) is 2. The Kier molecular flexibility index (Phi) is 5.72. The highest BCUT2D eigenvalue weighted by molar-refractivity contribution is 6.09. The van der Waals surface area contributed by atoms with E-state index in [-0.39, 0.29) is 30.2 Å². The molecule has 0 aromatic rings. The Labute approximate surface area is 160 Å². The van der Waals surface area contributed by atoms with Crippen LogP contribution in [0.25, 0.3) is 0 Å². The molecule has 1 aliphatic carbocycles. The Morgan fingerprint density at radius 1 is 1.22 bits per heavy atom. The maximum absolute atomic E-state index is 12.9. The van der Waals surface area contributed by atoms with Crippen LogP contribution in [0.15, 0.2) is 0 Å². The number of imide groups is 1. The molecule has 3 fully saturated rings. The molecule has 0 bridgehead atoms. The van der Waals surface area contributed by atoms with Gasteiger partial charge in [-0.25, -0.2) is 4.79 Å². The summed E-state index contributed by atoms with van der Waals surface area (Å²) in [5.74, 6) is -0.258. The molecule has 2 heterocycles. The van der Waals surface area contributed by atoms with Gasteiger partial charge in [-0.2, -0.15) is 0 Å². The van der Waals surface area contributed by atoms with E-state index in [0.29, 0.717) is 38.4 Å². The van der Waals surface area contributed by atoms with Gasteiger partial charge >= 0.3 is 6.03 Å². The van der Waals surface area contributed by atoms with Gasteiger partial charge in [0.2, 0.25) is 11.8 Å². The number of urea groups is 1. The first-order valence-corrected chi connectivity index (χ1v) is 10.1. The molecule has 150 valence electrons. The molecule has 5 amide bonds. The number of likely N-dealkylation sites (tertiary alicyclic amines) is 1. The number of piperidine rings is 1. The largest absolute Gasteiger partial charge is 0.356 e. The minimum absolute atomic E-state index is 0.0414. The molecule has 2 saturated heterocycles. The Morgan fingerprint density at radius 3 is 2.59 bits per heavy atom. The van der Waals surface area contributed by atoms with E-state index in [1.54, 1.807) is 4.90 Å². The van der Waals surface area contributed by atoms with Gasteiger partial charge in [-0.3, -0.25) is 19.3 Å². The van der Waals surface area contributed by atoms with Crippen molar-refractivity contribution in [2.24, 2.45) is 11.8 Å². The topological polar surface area (TPSA) is 98.8 Å². The van der Waals surface area contributed by atoms with Gasteiger partial charge in [0.05, 0.1) is 5.92 Å². The molecule has 2 N–H and O–H groups in total. The van der Waals surface area contributed by atoms with Crippen molar-refractivity contribution in [3.8, 4) is 0 Å². The summed E-state index contributed by atoms with van der Waals surface area (Å²) in [4.78, 5) is 52.7. The molecule has 0 aromatic heterocycles. The van der Waals surface area contributed by atoms with E-state index in [9.17, 15) is 19.2 Å². The first-order valence-electron chi connectivity index (χ1n) is 10.1. The fourth-order valence-electron chi connectivity index (χ4n) is 4.39. The van der Waals surface area contributed by atoms with Gasteiger partial charge in [-0.15, -0.1) is 0 Å². The first kappa shape index (κ1) is 19.6. The van der Waals surface area contributed by atoms with E-state index in [1.165, 1.54) is 0 Å². The highest BCUT2D eigenvalue weighted by Crippen LogP contribution is 2.36. The highest BCUT2D eigenvalue weighted by Gasteiger charge is 2.52. The van der Waals surface area contributed by atoms with E-state index in [1.807, 2.05) is 6.92 Å². The number of amides is 5. The van der Waals surface area contributed by atoms with Gasteiger partial charge in [-0.05, 0) is 51.4 Å². The zero-order valence-electron chi connectivity index (χ0n) is 16.3. The van der Waals surface area contributed by atoms with Crippen molar-refractivity contribution in [2.75, 3.05) is 26.2 Å². The van der Waals surface area contributed by atoms with E-state index in [4.69, 9.17) is 0 Å². The van der Waals surface area contributed by atoms with E-state index >= 15 is 0 Å². The summed E-state index contributed by atoms with van der Waals surface area (Å²) < 4.78 is 0. The number of hydrogen-bond donors (Lipinski definition) is 2. The second kappa shape index (κ2) is 7.86. The van der Waals surface area contributed by atoms with Gasteiger partial charge in [-0.1, -0.05) is 6.92 Å². The maximum Gasteiger partial charge on any atom is 0.325 e. The first-order chi connectivity index (χ1) is 12.9. The monoisotopic (exact) mass is 378 g/mol. The number of hydrogen-bond acceptors (Lipinski definition) is 4. The maximum atomic E-state index is 12.9. The van der Waals surface area contributed by atoms with E-state index in [0.717, 1.165) is 30.6 Å². The third-order valence-electron chi connectivity index (χ3n) is 6.16. The lowest BCUT2D eigenvalue weighted by Crippen LogP contribution is -2.51. The van der Waals surface area contributed by atoms with Gasteiger partial charge in [0.25, 0.3) is 5.91 Å². The normalized spacial score (nSPS) is 31.2. The number of nitrogens with zero attached hydrogens (tertiary/aromatic N) is 2. The van der Waals surface area contributed by atoms with Gasteiger partial charge in [0.1, 0.15) is 12.1 Å². The van der Waals surface area contributed by atoms with Crippen LogP contribution in [0, 0.1) is 11.8 Å². The van der Waals surface area contributed by atoms with Crippen LogP contribution in [0.3, 0.4) is 0 Å². The van der Waals surface area contributed by atoms with Gasteiger partial charge in [0.15, 0.2) is 0 Å². The number of carbonyl (C=O) groups is 4. The average Bonchev–Trinajstić information content (AvgIpc) is 2.89. The summed E-state index contributed by atoms with van der Waals surface area (Å²) >= 11 is 0. The molecule has 3 aliphatic rings. The lowest BCUT2D eigenvalue weighted by molar-refractivity contribution is -0.141. The van der Waals surface area contributed by atoms with E-state index < -0.39 is 11.6 Å². The third kappa shape index (κ3) is 3.94. The quantitative estimate of drug-likeness (QED) is 0.709. The molecular weight excluding hydrogens is 348 g/mol. The molecule has 1 atom stereocenters. The minimum atomic E-state index is -0.824. The molecule has 27 heavy (non-hydrogen) atoms. The number of rotatable bonds is 4. The Bertz CT molecular complexity index is 627. The molecule has 8 heteroatoms. The molecule has 1 spiro atoms. The summed E-state index contributed by atoms with van der Waals surface area (Å²) in [5, 5.41) is 5.64. The summed E-state index contributed by atoms with van der Waals surface area (Å²) in [6, 6.07) is -0.472. The fraction of sp³-hybridized carbons (Fsp3) is 0.789. The molecular formula is C19H30N4O4. The Balaban J connectivity index is 1.61. The fourth-order valence-corrected chi connectivity index (χ4v) is 4.39. The molecule has 1 saturated carbocycles. The van der Waals surface area contributed by atoms with Crippen molar-refractivity contribution in [1.82, 2.24) is 20.4 Å². The Morgan fingerprint density at radius 2 is 1.93 bits per heavy atom. The SMILES string of the molecule is CCNC(=O)C1CCCN(C(=O)CN2C(=O)NC3(CCC(C)CC3)C2=O)C1. The summed E-state index contributed by atoms with van der Waals surface area (Å²) in [6.45, 7) is 5.23. The molecule has 1 unspecified atom stereocenters. The molecule has 2 aliphatic heterocycles. The molecule has 0 aromatic carbocycles. The van der Waals surface area contributed by atoms with Crippen LogP contribution in [-0.2, 0) is 14.4 Å². The van der Waals surface area contributed by atoms with Crippen molar-refractivity contribution in [1.29, 1.82) is 0 Å². The van der Waals surface area contributed by atoms with Crippen molar-refractivity contribution < 1.29 is 19.2 Å². The molecule has 3 rings (SSSR count). The smallest absolute Gasteiger partial charge is 0.325 e. The lowest BCUT2D eigenvalue weighted by Gasteiger charge is -2.34. The van der Waals surface area contributed by atoms with Crippen LogP contribution < -0.4 is 10.6 Å².